The van der Waals surface area contributed by atoms with Gasteiger partial charge in [-0.3, -0.25) is 0 Å². The Hall–Kier alpha value is -0.160. The SMILES string of the molecule is CCC1O[C@H](N)C(O)C(O)C1C. The molecule has 4 nitrogen and oxygen atoms in total. The predicted molar refractivity (Wildman–Crippen MR) is 44.3 cm³/mol. The molecule has 4 heteroatoms. The van der Waals surface area contributed by atoms with Gasteiger partial charge in [-0.25, -0.2) is 0 Å². The summed E-state index contributed by atoms with van der Waals surface area (Å²) in [7, 11) is 0. The molecule has 1 fully saturated rings. The molecule has 1 aliphatic rings. The molecule has 0 spiro atoms. The van der Waals surface area contributed by atoms with Gasteiger partial charge in [0.1, 0.15) is 12.3 Å². The lowest BCUT2D eigenvalue weighted by Gasteiger charge is -2.39. The zero-order valence-electron chi connectivity index (χ0n) is 7.47. The highest BCUT2D eigenvalue weighted by Gasteiger charge is 2.39. The minimum Gasteiger partial charge on any atom is -0.390 e. The molecule has 1 saturated heterocycles. The molecule has 12 heavy (non-hydrogen) atoms. The summed E-state index contributed by atoms with van der Waals surface area (Å²) in [4.78, 5) is 0. The summed E-state index contributed by atoms with van der Waals surface area (Å²) in [6.45, 7) is 3.83. The fourth-order valence-corrected chi connectivity index (χ4v) is 1.60. The second kappa shape index (κ2) is 3.70. The Balaban J connectivity index is 2.63. The second-order valence-electron chi connectivity index (χ2n) is 3.39. The molecule has 4 N–H and O–H groups in total. The first-order valence-electron chi connectivity index (χ1n) is 4.35. The Bertz CT molecular complexity index is 148. The Morgan fingerprint density at radius 3 is 2.42 bits per heavy atom. The first-order valence-corrected chi connectivity index (χ1v) is 4.35. The maximum Gasteiger partial charge on any atom is 0.134 e. The highest BCUT2D eigenvalue weighted by molar-refractivity contribution is 4.86. The van der Waals surface area contributed by atoms with E-state index in [1.54, 1.807) is 0 Å². The zero-order valence-corrected chi connectivity index (χ0v) is 7.47. The highest BCUT2D eigenvalue weighted by atomic mass is 16.5. The fraction of sp³-hybridized carbons (Fsp3) is 1.00. The van der Waals surface area contributed by atoms with Crippen LogP contribution in [-0.2, 0) is 4.74 Å². The van der Waals surface area contributed by atoms with Crippen molar-refractivity contribution >= 4 is 0 Å². The van der Waals surface area contributed by atoms with Crippen molar-refractivity contribution in [3.8, 4) is 0 Å². The van der Waals surface area contributed by atoms with Crippen molar-refractivity contribution in [2.75, 3.05) is 0 Å². The molecule has 72 valence electrons. The molecule has 5 atom stereocenters. The number of nitrogens with two attached hydrogens (primary N) is 1. The van der Waals surface area contributed by atoms with E-state index in [-0.39, 0.29) is 12.0 Å². The van der Waals surface area contributed by atoms with Gasteiger partial charge in [-0.1, -0.05) is 13.8 Å². The van der Waals surface area contributed by atoms with Gasteiger partial charge in [-0.2, -0.15) is 0 Å². The number of aliphatic hydroxyl groups excluding tert-OH is 2. The molecule has 0 amide bonds. The molecule has 0 saturated carbocycles. The average Bonchev–Trinajstić information content (AvgIpc) is 2.08. The van der Waals surface area contributed by atoms with Crippen molar-refractivity contribution in [3.05, 3.63) is 0 Å². The Morgan fingerprint density at radius 2 is 1.92 bits per heavy atom. The van der Waals surface area contributed by atoms with E-state index >= 15 is 0 Å². The standard InChI is InChI=1S/C8H17NO3/c1-3-5-4(2)6(10)7(11)8(9)12-5/h4-8,10-11H,3,9H2,1-2H3/t4?,5?,6?,7?,8-/m0/s1. The maximum absolute atomic E-state index is 9.51. The van der Waals surface area contributed by atoms with Gasteiger partial charge in [0.2, 0.25) is 0 Å². The Labute approximate surface area is 72.3 Å². The van der Waals surface area contributed by atoms with Crippen molar-refractivity contribution in [2.45, 2.75) is 44.8 Å². The van der Waals surface area contributed by atoms with Crippen molar-refractivity contribution in [1.29, 1.82) is 0 Å². The molecule has 0 aromatic rings. The van der Waals surface area contributed by atoms with Crippen molar-refractivity contribution in [3.63, 3.8) is 0 Å². The van der Waals surface area contributed by atoms with E-state index < -0.39 is 18.4 Å². The summed E-state index contributed by atoms with van der Waals surface area (Å²) in [5, 5.41) is 18.8. The van der Waals surface area contributed by atoms with Gasteiger partial charge in [0, 0.05) is 5.92 Å². The van der Waals surface area contributed by atoms with E-state index in [4.69, 9.17) is 10.5 Å². The van der Waals surface area contributed by atoms with Gasteiger partial charge in [0.25, 0.3) is 0 Å². The highest BCUT2D eigenvalue weighted by Crippen LogP contribution is 2.25. The van der Waals surface area contributed by atoms with Crippen LogP contribution in [0.25, 0.3) is 0 Å². The summed E-state index contributed by atoms with van der Waals surface area (Å²) in [5.41, 5.74) is 5.46. The molecule has 0 aromatic carbocycles. The first-order chi connectivity index (χ1) is 5.57. The van der Waals surface area contributed by atoms with E-state index in [0.717, 1.165) is 6.42 Å². The van der Waals surface area contributed by atoms with Crippen molar-refractivity contribution < 1.29 is 14.9 Å². The predicted octanol–water partition coefficient (Wildman–Crippen LogP) is -0.562. The van der Waals surface area contributed by atoms with Crippen molar-refractivity contribution in [1.82, 2.24) is 0 Å². The third-order valence-corrected chi connectivity index (χ3v) is 2.55. The number of rotatable bonds is 1. The lowest BCUT2D eigenvalue weighted by atomic mass is 9.89. The Morgan fingerprint density at radius 1 is 1.33 bits per heavy atom. The van der Waals surface area contributed by atoms with Crippen LogP contribution in [0.4, 0.5) is 0 Å². The van der Waals surface area contributed by atoms with E-state index in [9.17, 15) is 10.2 Å². The van der Waals surface area contributed by atoms with E-state index in [0.29, 0.717) is 0 Å². The quantitative estimate of drug-likeness (QED) is 0.499. The van der Waals surface area contributed by atoms with Crippen LogP contribution in [0.1, 0.15) is 20.3 Å². The van der Waals surface area contributed by atoms with Gasteiger partial charge < -0.3 is 20.7 Å². The molecule has 1 rings (SSSR count). The topological polar surface area (TPSA) is 75.7 Å². The van der Waals surface area contributed by atoms with Crippen LogP contribution in [0.3, 0.4) is 0 Å². The average molecular weight is 175 g/mol. The van der Waals surface area contributed by atoms with E-state index in [2.05, 4.69) is 0 Å². The van der Waals surface area contributed by atoms with Crippen molar-refractivity contribution in [2.24, 2.45) is 11.7 Å². The number of aliphatic hydroxyl groups is 2. The Kier molecular flexibility index (Phi) is 3.06. The van der Waals surface area contributed by atoms with Gasteiger partial charge in [-0.05, 0) is 6.42 Å². The van der Waals surface area contributed by atoms with Crippen LogP contribution in [0.5, 0.6) is 0 Å². The van der Waals surface area contributed by atoms with Gasteiger partial charge in [0.15, 0.2) is 0 Å². The summed E-state index contributed by atoms with van der Waals surface area (Å²) in [5.74, 6) is -0.0511. The molecular formula is C8H17NO3. The number of hydrogen-bond donors (Lipinski definition) is 3. The van der Waals surface area contributed by atoms with Crippen LogP contribution in [-0.4, -0.2) is 34.8 Å². The summed E-state index contributed by atoms with van der Waals surface area (Å²) in [6, 6.07) is 0. The smallest absolute Gasteiger partial charge is 0.134 e. The number of ether oxygens (including phenoxy) is 1. The molecular weight excluding hydrogens is 158 g/mol. The lowest BCUT2D eigenvalue weighted by molar-refractivity contribution is -0.194. The summed E-state index contributed by atoms with van der Waals surface area (Å²) >= 11 is 0. The minimum absolute atomic E-state index is 0.0431. The first kappa shape index (κ1) is 9.92. The fourth-order valence-electron chi connectivity index (χ4n) is 1.60. The number of hydrogen-bond acceptors (Lipinski definition) is 4. The van der Waals surface area contributed by atoms with Crippen LogP contribution in [0.2, 0.25) is 0 Å². The third-order valence-electron chi connectivity index (χ3n) is 2.55. The maximum atomic E-state index is 9.51. The second-order valence-corrected chi connectivity index (χ2v) is 3.39. The zero-order chi connectivity index (χ0) is 9.30. The van der Waals surface area contributed by atoms with Crippen LogP contribution in [0, 0.1) is 5.92 Å². The van der Waals surface area contributed by atoms with Gasteiger partial charge in [-0.15, -0.1) is 0 Å². The largest absolute Gasteiger partial charge is 0.390 e. The minimum atomic E-state index is -0.956. The molecule has 4 unspecified atom stereocenters. The molecule has 1 heterocycles. The molecule has 0 bridgehead atoms. The molecule has 0 aliphatic carbocycles. The van der Waals surface area contributed by atoms with E-state index in [1.165, 1.54) is 0 Å². The van der Waals surface area contributed by atoms with Gasteiger partial charge >= 0.3 is 0 Å². The molecule has 0 aromatic heterocycles. The van der Waals surface area contributed by atoms with Gasteiger partial charge in [0.05, 0.1) is 12.2 Å². The molecule has 1 aliphatic heterocycles. The normalized spacial score (nSPS) is 49.2. The lowest BCUT2D eigenvalue weighted by Crippen LogP contribution is -2.56. The third kappa shape index (κ3) is 1.61. The monoisotopic (exact) mass is 175 g/mol. The van der Waals surface area contributed by atoms with E-state index in [1.807, 2.05) is 13.8 Å². The summed E-state index contributed by atoms with van der Waals surface area (Å²) < 4.78 is 5.30. The molecule has 0 radical (unpaired) electrons. The van der Waals surface area contributed by atoms with Crippen LogP contribution in [0.15, 0.2) is 0 Å². The van der Waals surface area contributed by atoms with Crippen LogP contribution < -0.4 is 5.73 Å². The summed E-state index contributed by atoms with van der Waals surface area (Å²) in [6.07, 6.45) is -1.71. The van der Waals surface area contributed by atoms with Crippen LogP contribution >= 0.6 is 0 Å².